The number of aromatic nitrogens is 2. The molecule has 1 aromatic rings. The van der Waals surface area contributed by atoms with Gasteiger partial charge in [-0.15, -0.1) is 0 Å². The fourth-order valence-corrected chi connectivity index (χ4v) is 1.76. The van der Waals surface area contributed by atoms with Gasteiger partial charge in [0.1, 0.15) is 5.56 Å². The van der Waals surface area contributed by atoms with Gasteiger partial charge in [-0.05, 0) is 0 Å². The summed E-state index contributed by atoms with van der Waals surface area (Å²) in [4.78, 5) is 10.7. The molecular weight excluding hydrogens is 236 g/mol. The summed E-state index contributed by atoms with van der Waals surface area (Å²) < 4.78 is 25.6. The van der Waals surface area contributed by atoms with Crippen molar-refractivity contribution in [2.24, 2.45) is 7.05 Å². The second kappa shape index (κ2) is 4.19. The fourth-order valence-electron chi connectivity index (χ4n) is 0.983. The molecule has 0 aromatic carbocycles. The number of anilines is 1. The van der Waals surface area contributed by atoms with E-state index in [4.69, 9.17) is 10.4 Å². The van der Waals surface area contributed by atoms with Crippen LogP contribution in [-0.4, -0.2) is 35.0 Å². The van der Waals surface area contributed by atoms with Gasteiger partial charge in [0.05, 0.1) is 12.3 Å². The first-order chi connectivity index (χ1) is 7.37. The van der Waals surface area contributed by atoms with E-state index in [0.29, 0.717) is 0 Å². The Morgan fingerprint density at radius 2 is 2.38 bits per heavy atom. The maximum Gasteiger partial charge on any atom is 0.341 e. The molecule has 1 aromatic heterocycles. The number of carbonyl (C=O) groups is 1. The highest BCUT2D eigenvalue weighted by molar-refractivity contribution is 7.92. The number of carboxylic acid groups (broad SMARTS) is 1. The summed E-state index contributed by atoms with van der Waals surface area (Å²) in [7, 11) is -2.48. The maximum atomic E-state index is 11.3. The Hall–Kier alpha value is -2.08. The van der Waals surface area contributed by atoms with E-state index in [0.717, 1.165) is 10.9 Å². The normalized spacial score (nSPS) is 10.8. The summed E-state index contributed by atoms with van der Waals surface area (Å²) in [6.07, 6.45) is 1.02. The minimum atomic E-state index is -3.87. The van der Waals surface area contributed by atoms with Crippen LogP contribution in [0.25, 0.3) is 0 Å². The Labute approximate surface area is 91.2 Å². The molecule has 16 heavy (non-hydrogen) atoms. The van der Waals surface area contributed by atoms with Crippen molar-refractivity contribution >= 4 is 21.8 Å². The number of nitriles is 1. The number of hydrogen-bond acceptors (Lipinski definition) is 5. The van der Waals surface area contributed by atoms with Crippen molar-refractivity contribution in [2.75, 3.05) is 10.5 Å². The first-order valence-corrected chi connectivity index (χ1v) is 5.65. The molecule has 0 atom stereocenters. The van der Waals surface area contributed by atoms with E-state index in [2.05, 4.69) is 5.10 Å². The van der Waals surface area contributed by atoms with E-state index in [-0.39, 0.29) is 11.4 Å². The molecule has 9 heteroatoms. The zero-order valence-corrected chi connectivity index (χ0v) is 9.02. The molecule has 0 radical (unpaired) electrons. The molecule has 0 saturated heterocycles. The third-order valence-electron chi connectivity index (χ3n) is 1.68. The Bertz CT molecular complexity index is 553. The standard InChI is InChI=1S/C7H8N4O4S/c1-11-6(5(4-9-11)7(12)13)10-16(14,15)3-2-8/h4,10H,3H2,1H3,(H,12,13). The highest BCUT2D eigenvalue weighted by atomic mass is 32.2. The zero-order valence-electron chi connectivity index (χ0n) is 8.21. The van der Waals surface area contributed by atoms with Crippen LogP contribution in [0.1, 0.15) is 10.4 Å². The van der Waals surface area contributed by atoms with Crippen LogP contribution in [0.2, 0.25) is 0 Å². The number of rotatable bonds is 4. The number of aryl methyl sites for hydroxylation is 1. The van der Waals surface area contributed by atoms with Gasteiger partial charge in [-0.1, -0.05) is 0 Å². The molecular formula is C7H8N4O4S. The van der Waals surface area contributed by atoms with Gasteiger partial charge < -0.3 is 5.11 Å². The molecule has 0 saturated carbocycles. The summed E-state index contributed by atoms with van der Waals surface area (Å²) >= 11 is 0. The zero-order chi connectivity index (χ0) is 12.3. The van der Waals surface area contributed by atoms with Crippen LogP contribution in [0.5, 0.6) is 0 Å². The number of aromatic carboxylic acids is 1. The van der Waals surface area contributed by atoms with Gasteiger partial charge in [-0.2, -0.15) is 10.4 Å². The monoisotopic (exact) mass is 244 g/mol. The summed E-state index contributed by atoms with van der Waals surface area (Å²) in [6.45, 7) is 0. The molecule has 0 aliphatic rings. The van der Waals surface area contributed by atoms with Crippen molar-refractivity contribution in [3.05, 3.63) is 11.8 Å². The average Bonchev–Trinajstić information content (AvgIpc) is 2.47. The lowest BCUT2D eigenvalue weighted by molar-refractivity contribution is 0.0698. The predicted molar refractivity (Wildman–Crippen MR) is 53.2 cm³/mol. The molecule has 0 spiro atoms. The van der Waals surface area contributed by atoms with E-state index in [9.17, 15) is 13.2 Å². The number of carboxylic acids is 1. The van der Waals surface area contributed by atoms with Gasteiger partial charge in [0, 0.05) is 7.05 Å². The van der Waals surface area contributed by atoms with Crippen LogP contribution in [-0.2, 0) is 17.1 Å². The lowest BCUT2D eigenvalue weighted by Crippen LogP contribution is -2.19. The molecule has 0 amide bonds. The highest BCUT2D eigenvalue weighted by Crippen LogP contribution is 2.15. The molecule has 86 valence electrons. The molecule has 0 aliphatic heterocycles. The number of sulfonamides is 1. The summed E-state index contributed by atoms with van der Waals surface area (Å²) in [5, 5.41) is 20.6. The third-order valence-corrected chi connectivity index (χ3v) is 2.69. The molecule has 0 bridgehead atoms. The third kappa shape index (κ3) is 2.48. The van der Waals surface area contributed by atoms with Crippen molar-refractivity contribution in [1.82, 2.24) is 9.78 Å². The number of nitrogens with one attached hydrogen (secondary N) is 1. The molecule has 0 fully saturated rings. The lowest BCUT2D eigenvalue weighted by atomic mass is 10.3. The quantitative estimate of drug-likeness (QED) is 0.727. The Morgan fingerprint density at radius 3 is 2.88 bits per heavy atom. The van der Waals surface area contributed by atoms with Crippen molar-refractivity contribution in [3.63, 3.8) is 0 Å². The highest BCUT2D eigenvalue weighted by Gasteiger charge is 2.19. The molecule has 2 N–H and O–H groups in total. The largest absolute Gasteiger partial charge is 0.477 e. The van der Waals surface area contributed by atoms with Crippen LogP contribution < -0.4 is 4.72 Å². The Balaban J connectivity index is 3.11. The van der Waals surface area contributed by atoms with Gasteiger partial charge in [-0.3, -0.25) is 9.40 Å². The first kappa shape index (κ1) is 12.0. The van der Waals surface area contributed by atoms with Gasteiger partial charge in [0.2, 0.25) is 10.0 Å². The second-order valence-corrected chi connectivity index (χ2v) is 4.58. The van der Waals surface area contributed by atoms with Crippen LogP contribution in [0.15, 0.2) is 6.20 Å². The topological polar surface area (TPSA) is 125 Å². The summed E-state index contributed by atoms with van der Waals surface area (Å²) in [5.74, 6) is -2.23. The maximum absolute atomic E-state index is 11.3. The first-order valence-electron chi connectivity index (χ1n) is 4.00. The average molecular weight is 244 g/mol. The summed E-state index contributed by atoms with van der Waals surface area (Å²) in [5.41, 5.74) is -0.274. The van der Waals surface area contributed by atoms with Gasteiger partial charge >= 0.3 is 5.97 Å². The molecule has 1 heterocycles. The Kier molecular flexibility index (Phi) is 3.14. The number of hydrogen-bond donors (Lipinski definition) is 2. The van der Waals surface area contributed by atoms with Crippen LogP contribution >= 0.6 is 0 Å². The van der Waals surface area contributed by atoms with Crippen molar-refractivity contribution in [1.29, 1.82) is 5.26 Å². The van der Waals surface area contributed by atoms with Crippen molar-refractivity contribution in [2.45, 2.75) is 0 Å². The van der Waals surface area contributed by atoms with Gasteiger partial charge in [0.25, 0.3) is 0 Å². The molecule has 8 nitrogen and oxygen atoms in total. The van der Waals surface area contributed by atoms with E-state index >= 15 is 0 Å². The Morgan fingerprint density at radius 1 is 1.75 bits per heavy atom. The van der Waals surface area contributed by atoms with E-state index in [1.54, 1.807) is 0 Å². The summed E-state index contributed by atoms with van der Waals surface area (Å²) in [6, 6.07) is 1.46. The fraction of sp³-hybridized carbons (Fsp3) is 0.286. The lowest BCUT2D eigenvalue weighted by Gasteiger charge is -2.06. The smallest absolute Gasteiger partial charge is 0.341 e. The van der Waals surface area contributed by atoms with Crippen LogP contribution in [0, 0.1) is 11.3 Å². The molecule has 0 aliphatic carbocycles. The molecule has 1 rings (SSSR count). The van der Waals surface area contributed by atoms with Crippen LogP contribution in [0.3, 0.4) is 0 Å². The van der Waals surface area contributed by atoms with Crippen molar-refractivity contribution < 1.29 is 18.3 Å². The SMILES string of the molecule is Cn1ncc(C(=O)O)c1NS(=O)(=O)CC#N. The second-order valence-electron chi connectivity index (χ2n) is 2.85. The van der Waals surface area contributed by atoms with Gasteiger partial charge in [0.15, 0.2) is 11.6 Å². The van der Waals surface area contributed by atoms with E-state index < -0.39 is 21.7 Å². The number of nitrogens with zero attached hydrogens (tertiary/aromatic N) is 3. The molecule has 0 unspecified atom stereocenters. The van der Waals surface area contributed by atoms with E-state index in [1.165, 1.54) is 13.1 Å². The van der Waals surface area contributed by atoms with Crippen LogP contribution in [0.4, 0.5) is 5.82 Å². The predicted octanol–water partition coefficient (Wildman–Crippen LogP) is -0.616. The minimum absolute atomic E-state index is 0.178. The van der Waals surface area contributed by atoms with Crippen molar-refractivity contribution in [3.8, 4) is 6.07 Å². The van der Waals surface area contributed by atoms with Gasteiger partial charge in [-0.25, -0.2) is 13.2 Å². The van der Waals surface area contributed by atoms with E-state index in [1.807, 2.05) is 4.72 Å². The minimum Gasteiger partial charge on any atom is -0.477 e.